The van der Waals surface area contributed by atoms with Crippen LogP contribution in [-0.4, -0.2) is 28.2 Å². The summed E-state index contributed by atoms with van der Waals surface area (Å²) in [5.74, 6) is -0.447. The zero-order valence-corrected chi connectivity index (χ0v) is 14.2. The third-order valence-corrected chi connectivity index (χ3v) is 5.14. The first-order chi connectivity index (χ1) is 12.1. The molecule has 0 radical (unpaired) electrons. The number of pyridine rings is 1. The van der Waals surface area contributed by atoms with Crippen LogP contribution in [0.25, 0.3) is 0 Å². The van der Waals surface area contributed by atoms with Crippen LogP contribution in [0, 0.1) is 6.92 Å². The van der Waals surface area contributed by atoms with Crippen molar-refractivity contribution in [3.8, 4) is 0 Å². The number of hydrogen-bond acceptors (Lipinski definition) is 3. The summed E-state index contributed by atoms with van der Waals surface area (Å²) in [6.07, 6.45) is 3.88. The maximum absolute atomic E-state index is 12.9. The van der Waals surface area contributed by atoms with Gasteiger partial charge in [-0.15, -0.1) is 0 Å². The van der Waals surface area contributed by atoms with E-state index in [2.05, 4.69) is 10.3 Å². The third-order valence-electron chi connectivity index (χ3n) is 5.14. The van der Waals surface area contributed by atoms with E-state index in [4.69, 9.17) is 0 Å². The lowest BCUT2D eigenvalue weighted by molar-refractivity contribution is -0.134. The Morgan fingerprint density at radius 1 is 1.32 bits per heavy atom. The third kappa shape index (κ3) is 2.90. The van der Waals surface area contributed by atoms with Crippen LogP contribution >= 0.6 is 0 Å². The molecule has 1 aromatic carbocycles. The Labute approximate surface area is 147 Å². The number of aryl methyl sites for hydroxylation is 1. The molecule has 1 fully saturated rings. The quantitative estimate of drug-likeness (QED) is 0.937. The monoisotopic (exact) mass is 335 g/mol. The van der Waals surface area contributed by atoms with Gasteiger partial charge in [-0.2, -0.15) is 0 Å². The van der Waals surface area contributed by atoms with E-state index in [1.807, 2.05) is 48.2 Å². The van der Waals surface area contributed by atoms with Crippen LogP contribution in [0.3, 0.4) is 0 Å². The predicted molar refractivity (Wildman–Crippen MR) is 95.1 cm³/mol. The fraction of sp³-hybridized carbons (Fsp3) is 0.350. The minimum Gasteiger partial charge on any atom is -0.334 e. The Morgan fingerprint density at radius 3 is 3.00 bits per heavy atom. The van der Waals surface area contributed by atoms with E-state index >= 15 is 0 Å². The number of carbonyl (C=O) groups excluding carboxylic acids is 2. The van der Waals surface area contributed by atoms with E-state index in [9.17, 15) is 9.59 Å². The largest absolute Gasteiger partial charge is 0.334 e. The van der Waals surface area contributed by atoms with Gasteiger partial charge < -0.3 is 10.2 Å². The summed E-state index contributed by atoms with van der Waals surface area (Å²) in [5.41, 5.74) is 3.80. The molecule has 0 bridgehead atoms. The van der Waals surface area contributed by atoms with Gasteiger partial charge in [0, 0.05) is 24.8 Å². The van der Waals surface area contributed by atoms with E-state index in [1.54, 1.807) is 6.20 Å². The molecule has 2 aliphatic rings. The predicted octanol–water partition coefficient (Wildman–Crippen LogP) is 3.18. The summed E-state index contributed by atoms with van der Waals surface area (Å²) in [6, 6.07) is 11.7. The Kier molecular flexibility index (Phi) is 3.99. The summed E-state index contributed by atoms with van der Waals surface area (Å²) < 4.78 is 0. The molecule has 5 nitrogen and oxygen atoms in total. The van der Waals surface area contributed by atoms with Gasteiger partial charge in [0.2, 0.25) is 11.8 Å². The summed E-state index contributed by atoms with van der Waals surface area (Å²) in [7, 11) is 0. The topological polar surface area (TPSA) is 62.3 Å². The molecule has 0 saturated carbocycles. The first-order valence-corrected chi connectivity index (χ1v) is 8.75. The van der Waals surface area contributed by atoms with Gasteiger partial charge in [-0.3, -0.25) is 14.6 Å². The normalized spacial score (nSPS) is 22.0. The fourth-order valence-electron chi connectivity index (χ4n) is 3.89. The number of carbonyl (C=O) groups is 2. The van der Waals surface area contributed by atoms with Crippen LogP contribution in [0.1, 0.15) is 48.0 Å². The zero-order valence-electron chi connectivity index (χ0n) is 14.2. The minimum atomic E-state index is -0.396. The number of fused-ring (bicyclic) bond motifs is 1. The first kappa shape index (κ1) is 15.8. The minimum absolute atomic E-state index is 0.0233. The lowest BCUT2D eigenvalue weighted by Crippen LogP contribution is -2.33. The van der Waals surface area contributed by atoms with Gasteiger partial charge in [0.25, 0.3) is 0 Å². The van der Waals surface area contributed by atoms with Crippen LogP contribution in [-0.2, 0) is 9.59 Å². The summed E-state index contributed by atoms with van der Waals surface area (Å²) in [5, 5.41) is 2.89. The number of aromatic nitrogens is 1. The molecule has 25 heavy (non-hydrogen) atoms. The van der Waals surface area contributed by atoms with E-state index in [0.717, 1.165) is 41.9 Å². The number of hydrogen-bond donors (Lipinski definition) is 1. The molecule has 2 atom stereocenters. The maximum Gasteiger partial charge on any atom is 0.232 e. The van der Waals surface area contributed by atoms with Gasteiger partial charge in [-0.05, 0) is 43.5 Å². The molecule has 0 spiro atoms. The number of anilines is 1. The highest BCUT2D eigenvalue weighted by Gasteiger charge is 2.37. The highest BCUT2D eigenvalue weighted by atomic mass is 16.2. The van der Waals surface area contributed by atoms with Crippen molar-refractivity contribution in [1.82, 2.24) is 9.88 Å². The lowest BCUT2D eigenvalue weighted by Gasteiger charge is -2.25. The molecule has 4 rings (SSSR count). The van der Waals surface area contributed by atoms with Gasteiger partial charge in [-0.25, -0.2) is 0 Å². The molecule has 3 heterocycles. The average molecular weight is 335 g/mol. The van der Waals surface area contributed by atoms with Crippen molar-refractivity contribution in [1.29, 1.82) is 0 Å². The lowest BCUT2D eigenvalue weighted by atomic mass is 9.95. The summed E-state index contributed by atoms with van der Waals surface area (Å²) in [6.45, 7) is 2.73. The maximum atomic E-state index is 12.9. The fourth-order valence-corrected chi connectivity index (χ4v) is 3.89. The summed E-state index contributed by atoms with van der Waals surface area (Å²) >= 11 is 0. The van der Waals surface area contributed by atoms with Crippen molar-refractivity contribution in [3.05, 3.63) is 59.4 Å². The van der Waals surface area contributed by atoms with Gasteiger partial charge in [0.15, 0.2) is 0 Å². The molecule has 0 unspecified atom stereocenters. The standard InChI is InChI=1S/C20H21N3O2/c1-13-7-8-16-14(11-13)15(20(25)22-16)12-19(24)23-10-4-6-18(23)17-5-2-3-9-21-17/h2-3,5,7-9,11,15,18H,4,6,10,12H2,1H3,(H,22,25)/t15-,18+/m1/s1. The van der Waals surface area contributed by atoms with Gasteiger partial charge in [0.05, 0.1) is 17.7 Å². The van der Waals surface area contributed by atoms with E-state index in [-0.39, 0.29) is 24.3 Å². The van der Waals surface area contributed by atoms with Crippen LogP contribution < -0.4 is 5.32 Å². The molecule has 0 aliphatic carbocycles. The molecule has 2 aromatic rings. The van der Waals surface area contributed by atoms with E-state index in [1.165, 1.54) is 0 Å². The second kappa shape index (κ2) is 6.31. The Bertz CT molecular complexity index is 819. The van der Waals surface area contributed by atoms with Crippen LogP contribution in [0.4, 0.5) is 5.69 Å². The number of likely N-dealkylation sites (tertiary alicyclic amines) is 1. The Hall–Kier alpha value is -2.69. The van der Waals surface area contributed by atoms with Crippen molar-refractivity contribution >= 4 is 17.5 Å². The molecule has 1 N–H and O–H groups in total. The second-order valence-corrected chi connectivity index (χ2v) is 6.84. The number of nitrogens with zero attached hydrogens (tertiary/aromatic N) is 2. The van der Waals surface area contributed by atoms with Gasteiger partial charge in [0.1, 0.15) is 0 Å². The van der Waals surface area contributed by atoms with Crippen molar-refractivity contribution in [3.63, 3.8) is 0 Å². The summed E-state index contributed by atoms with van der Waals surface area (Å²) in [4.78, 5) is 31.6. The molecule has 1 aromatic heterocycles. The van der Waals surface area contributed by atoms with Crippen molar-refractivity contribution in [2.75, 3.05) is 11.9 Å². The zero-order chi connectivity index (χ0) is 17.4. The first-order valence-electron chi connectivity index (χ1n) is 8.75. The number of benzene rings is 1. The van der Waals surface area contributed by atoms with Crippen LogP contribution in [0.2, 0.25) is 0 Å². The molecular weight excluding hydrogens is 314 g/mol. The smallest absolute Gasteiger partial charge is 0.232 e. The van der Waals surface area contributed by atoms with Crippen molar-refractivity contribution in [2.24, 2.45) is 0 Å². The molecule has 1 saturated heterocycles. The number of amides is 2. The molecular formula is C20H21N3O2. The molecule has 5 heteroatoms. The van der Waals surface area contributed by atoms with Gasteiger partial charge in [-0.1, -0.05) is 23.8 Å². The molecule has 128 valence electrons. The van der Waals surface area contributed by atoms with Crippen molar-refractivity contribution in [2.45, 2.75) is 38.1 Å². The second-order valence-electron chi connectivity index (χ2n) is 6.84. The number of rotatable bonds is 3. The SMILES string of the molecule is Cc1ccc2c(c1)[C@@H](CC(=O)N1CCC[C@H]1c1ccccn1)C(=O)N2. The van der Waals surface area contributed by atoms with E-state index in [0.29, 0.717) is 0 Å². The van der Waals surface area contributed by atoms with Crippen molar-refractivity contribution < 1.29 is 9.59 Å². The molecule has 2 aliphatic heterocycles. The average Bonchev–Trinajstić information content (AvgIpc) is 3.21. The number of nitrogens with one attached hydrogen (secondary N) is 1. The highest BCUT2D eigenvalue weighted by molar-refractivity contribution is 6.05. The van der Waals surface area contributed by atoms with Crippen LogP contribution in [0.15, 0.2) is 42.6 Å². The van der Waals surface area contributed by atoms with Crippen LogP contribution in [0.5, 0.6) is 0 Å². The van der Waals surface area contributed by atoms with Gasteiger partial charge >= 0.3 is 0 Å². The van der Waals surface area contributed by atoms with E-state index < -0.39 is 5.92 Å². The molecule has 2 amide bonds. The highest BCUT2D eigenvalue weighted by Crippen LogP contribution is 2.38. The Balaban J connectivity index is 1.54. The Morgan fingerprint density at radius 2 is 2.20 bits per heavy atom.